The van der Waals surface area contributed by atoms with Gasteiger partial charge in [-0.15, -0.1) is 0 Å². The molecule has 0 saturated carbocycles. The lowest BCUT2D eigenvalue weighted by atomic mass is 9.86. The molecule has 5 nitrogen and oxygen atoms in total. The maximum atomic E-state index is 12.9. The highest BCUT2D eigenvalue weighted by molar-refractivity contribution is 5.95. The summed E-state index contributed by atoms with van der Waals surface area (Å²) in [6, 6.07) is 21.0. The van der Waals surface area contributed by atoms with Gasteiger partial charge in [0.25, 0.3) is 5.91 Å². The molecule has 0 fully saturated rings. The number of benzene rings is 3. The quantitative estimate of drug-likeness (QED) is 0.610. The van der Waals surface area contributed by atoms with E-state index in [1.54, 1.807) is 60.7 Å². The van der Waals surface area contributed by atoms with E-state index in [-0.39, 0.29) is 0 Å². The summed E-state index contributed by atoms with van der Waals surface area (Å²) < 4.78 is 5.25. The highest BCUT2D eigenvalue weighted by Gasteiger charge is 2.41. The van der Waals surface area contributed by atoms with Gasteiger partial charge in [0, 0.05) is 5.69 Å². The van der Waals surface area contributed by atoms with Gasteiger partial charge < -0.3 is 15.2 Å². The second-order valence-electron chi connectivity index (χ2n) is 7.34. The van der Waals surface area contributed by atoms with Crippen molar-refractivity contribution in [1.29, 1.82) is 0 Å². The van der Waals surface area contributed by atoms with Gasteiger partial charge in [-0.3, -0.25) is 4.79 Å². The first-order valence-electron chi connectivity index (χ1n) is 9.70. The van der Waals surface area contributed by atoms with Crippen LogP contribution in [0.3, 0.4) is 0 Å². The normalized spacial score (nSPS) is 11.1. The zero-order valence-electron chi connectivity index (χ0n) is 17.3. The molecule has 0 spiro atoms. The molecule has 3 aromatic carbocycles. The molecule has 0 atom stereocenters. The number of carbonyl (C=O) groups excluding carboxylic acids is 2. The molecule has 5 heteroatoms. The van der Waals surface area contributed by atoms with Gasteiger partial charge in [-0.05, 0) is 43.0 Å². The highest BCUT2D eigenvalue weighted by atomic mass is 16.6. The van der Waals surface area contributed by atoms with Gasteiger partial charge in [0.1, 0.15) is 0 Å². The van der Waals surface area contributed by atoms with E-state index in [1.807, 2.05) is 32.9 Å². The smallest absolute Gasteiger partial charge is 0.348 e. The van der Waals surface area contributed by atoms with Crippen LogP contribution < -0.4 is 5.32 Å². The molecule has 0 bridgehead atoms. The number of ether oxygens (including phenoxy) is 1. The number of amides is 1. The molecular weight excluding hydrogens is 378 g/mol. The van der Waals surface area contributed by atoms with Gasteiger partial charge in [-0.1, -0.05) is 78.4 Å². The van der Waals surface area contributed by atoms with Crippen molar-refractivity contribution in [3.05, 3.63) is 101 Å². The molecule has 0 heterocycles. The lowest BCUT2D eigenvalue weighted by molar-refractivity contribution is -0.163. The van der Waals surface area contributed by atoms with Gasteiger partial charge in [-0.2, -0.15) is 0 Å². The summed E-state index contributed by atoms with van der Waals surface area (Å²) in [5.41, 5.74) is 2.37. The van der Waals surface area contributed by atoms with Crippen LogP contribution in [0.2, 0.25) is 0 Å². The van der Waals surface area contributed by atoms with Crippen molar-refractivity contribution in [1.82, 2.24) is 0 Å². The minimum absolute atomic E-state index is 0.367. The lowest BCUT2D eigenvalue weighted by Crippen LogP contribution is -2.39. The summed E-state index contributed by atoms with van der Waals surface area (Å²) in [6.07, 6.45) is 0. The average molecular weight is 403 g/mol. The van der Waals surface area contributed by atoms with Gasteiger partial charge in [-0.25, -0.2) is 4.79 Å². The molecule has 3 aromatic rings. The van der Waals surface area contributed by atoms with Crippen molar-refractivity contribution in [2.45, 2.75) is 26.4 Å². The van der Waals surface area contributed by atoms with Crippen molar-refractivity contribution in [3.8, 4) is 0 Å². The molecule has 0 aliphatic heterocycles. The number of aryl methyl sites for hydroxylation is 3. The molecule has 1 amide bonds. The Morgan fingerprint density at radius 3 is 1.80 bits per heavy atom. The van der Waals surface area contributed by atoms with Gasteiger partial charge in [0.2, 0.25) is 5.60 Å². The van der Waals surface area contributed by atoms with Crippen LogP contribution in [0.4, 0.5) is 5.69 Å². The van der Waals surface area contributed by atoms with Crippen LogP contribution >= 0.6 is 0 Å². The SMILES string of the molecule is Cc1cc(C)c(NC(=O)COC(=O)C(O)(c2ccccc2)c2ccccc2)c(C)c1. The van der Waals surface area contributed by atoms with E-state index in [2.05, 4.69) is 5.32 Å². The first-order valence-corrected chi connectivity index (χ1v) is 9.70. The van der Waals surface area contributed by atoms with E-state index in [4.69, 9.17) is 4.74 Å². The topological polar surface area (TPSA) is 75.6 Å². The third-order valence-electron chi connectivity index (χ3n) is 4.95. The third kappa shape index (κ3) is 4.42. The summed E-state index contributed by atoms with van der Waals surface area (Å²) in [5, 5.41) is 14.1. The summed E-state index contributed by atoms with van der Waals surface area (Å²) in [5.74, 6) is -1.38. The second kappa shape index (κ2) is 8.93. The number of rotatable bonds is 6. The Bertz CT molecular complexity index is 983. The molecule has 0 aliphatic rings. The van der Waals surface area contributed by atoms with Crippen LogP contribution in [0.5, 0.6) is 0 Å². The lowest BCUT2D eigenvalue weighted by Gasteiger charge is -2.27. The molecule has 0 radical (unpaired) electrons. The zero-order valence-corrected chi connectivity index (χ0v) is 17.3. The molecule has 154 valence electrons. The van der Waals surface area contributed by atoms with E-state index < -0.39 is 24.1 Å². The summed E-state index contributed by atoms with van der Waals surface area (Å²) in [7, 11) is 0. The Morgan fingerprint density at radius 2 is 1.33 bits per heavy atom. The Morgan fingerprint density at radius 1 is 0.867 bits per heavy atom. The molecule has 0 unspecified atom stereocenters. The highest BCUT2D eigenvalue weighted by Crippen LogP contribution is 2.31. The van der Waals surface area contributed by atoms with Crippen molar-refractivity contribution >= 4 is 17.6 Å². The van der Waals surface area contributed by atoms with Crippen LogP contribution in [0.1, 0.15) is 27.8 Å². The molecular formula is C25H25NO4. The Balaban J connectivity index is 1.78. The largest absolute Gasteiger partial charge is 0.453 e. The van der Waals surface area contributed by atoms with Crippen molar-refractivity contribution in [2.75, 3.05) is 11.9 Å². The number of hydrogen-bond donors (Lipinski definition) is 2. The molecule has 3 rings (SSSR count). The number of hydrogen-bond acceptors (Lipinski definition) is 4. The van der Waals surface area contributed by atoms with E-state index in [1.165, 1.54) is 0 Å². The van der Waals surface area contributed by atoms with Crippen molar-refractivity contribution in [3.63, 3.8) is 0 Å². The first kappa shape index (κ1) is 21.3. The fourth-order valence-electron chi connectivity index (χ4n) is 3.55. The van der Waals surface area contributed by atoms with E-state index in [0.717, 1.165) is 16.7 Å². The predicted molar refractivity (Wildman–Crippen MR) is 116 cm³/mol. The van der Waals surface area contributed by atoms with Crippen LogP contribution in [0, 0.1) is 20.8 Å². The van der Waals surface area contributed by atoms with Crippen LogP contribution in [-0.2, 0) is 19.9 Å². The van der Waals surface area contributed by atoms with Gasteiger partial charge in [0.15, 0.2) is 6.61 Å². The number of nitrogens with one attached hydrogen (secondary N) is 1. The zero-order chi connectivity index (χ0) is 21.7. The Labute approximate surface area is 176 Å². The number of esters is 1. The summed E-state index contributed by atoms with van der Waals surface area (Å²) in [6.45, 7) is 5.30. The van der Waals surface area contributed by atoms with Crippen molar-refractivity contribution in [2.24, 2.45) is 0 Å². The molecule has 0 aromatic heterocycles. The van der Waals surface area contributed by atoms with E-state index >= 15 is 0 Å². The fraction of sp³-hybridized carbons (Fsp3) is 0.200. The molecule has 30 heavy (non-hydrogen) atoms. The van der Waals surface area contributed by atoms with E-state index in [0.29, 0.717) is 16.8 Å². The van der Waals surface area contributed by atoms with Gasteiger partial charge >= 0.3 is 5.97 Å². The van der Waals surface area contributed by atoms with Crippen LogP contribution in [0.15, 0.2) is 72.8 Å². The van der Waals surface area contributed by atoms with Crippen LogP contribution in [-0.4, -0.2) is 23.6 Å². The van der Waals surface area contributed by atoms with Gasteiger partial charge in [0.05, 0.1) is 0 Å². The predicted octanol–water partition coefficient (Wildman–Crippen LogP) is 4.03. The molecule has 2 N–H and O–H groups in total. The monoisotopic (exact) mass is 403 g/mol. The summed E-state index contributed by atoms with van der Waals surface area (Å²) >= 11 is 0. The standard InChI is InChI=1S/C25H25NO4/c1-17-14-18(2)23(19(3)15-17)26-22(27)16-30-24(28)25(29,20-10-6-4-7-11-20)21-12-8-5-9-13-21/h4-15,29H,16H2,1-3H3,(H,26,27). The fourth-order valence-corrected chi connectivity index (χ4v) is 3.55. The number of carbonyl (C=O) groups is 2. The van der Waals surface area contributed by atoms with Crippen molar-refractivity contribution < 1.29 is 19.4 Å². The number of anilines is 1. The molecule has 0 aliphatic carbocycles. The second-order valence-corrected chi connectivity index (χ2v) is 7.34. The van der Waals surface area contributed by atoms with Crippen LogP contribution in [0.25, 0.3) is 0 Å². The Kier molecular flexibility index (Phi) is 6.33. The average Bonchev–Trinajstić information content (AvgIpc) is 2.75. The molecule has 0 saturated heterocycles. The first-order chi connectivity index (χ1) is 14.3. The number of aliphatic hydroxyl groups is 1. The summed E-state index contributed by atoms with van der Waals surface area (Å²) in [4.78, 5) is 25.4. The minimum Gasteiger partial charge on any atom is -0.453 e. The Hall–Kier alpha value is -3.44. The maximum absolute atomic E-state index is 12.9. The third-order valence-corrected chi connectivity index (χ3v) is 4.95. The minimum atomic E-state index is -2.02. The van der Waals surface area contributed by atoms with E-state index in [9.17, 15) is 14.7 Å². The maximum Gasteiger partial charge on any atom is 0.348 e.